The van der Waals surface area contributed by atoms with Crippen molar-refractivity contribution in [3.63, 3.8) is 0 Å². The van der Waals surface area contributed by atoms with Crippen molar-refractivity contribution in [2.45, 2.75) is 13.0 Å². The fourth-order valence-corrected chi connectivity index (χ4v) is 4.67. The highest BCUT2D eigenvalue weighted by atomic mass is 35.5. The molecule has 1 unspecified atom stereocenters. The number of carbonyl (C=O) groups excluding carboxylic acids is 1. The maximum absolute atomic E-state index is 13.6. The molecular formula is C18H15ClF2N4O3S2. The number of nitrogens with one attached hydrogen (secondary N) is 1. The van der Waals surface area contributed by atoms with E-state index >= 15 is 0 Å². The fourth-order valence-electron chi connectivity index (χ4n) is 2.62. The summed E-state index contributed by atoms with van der Waals surface area (Å²) in [6.07, 6.45) is 0.863. The number of amides is 1. The fraction of sp³-hybridized carbons (Fsp3) is 0.167. The topological polar surface area (TPSA) is 92.3 Å². The second kappa shape index (κ2) is 8.62. The molecule has 0 spiro atoms. The van der Waals surface area contributed by atoms with Gasteiger partial charge in [0.05, 0.1) is 11.9 Å². The molecule has 7 nitrogen and oxygen atoms in total. The summed E-state index contributed by atoms with van der Waals surface area (Å²) in [5.41, 5.74) is 0.558. The first-order chi connectivity index (χ1) is 14.1. The molecule has 0 radical (unpaired) electrons. The number of benzene rings is 2. The van der Waals surface area contributed by atoms with E-state index in [9.17, 15) is 22.0 Å². The van der Waals surface area contributed by atoms with E-state index in [0.717, 1.165) is 35.3 Å². The Kier molecular flexibility index (Phi) is 6.34. The Labute approximate surface area is 180 Å². The largest absolute Gasteiger partial charge is 0.299 e. The van der Waals surface area contributed by atoms with E-state index in [4.69, 9.17) is 11.6 Å². The summed E-state index contributed by atoms with van der Waals surface area (Å²) in [5, 5.41) is 11.6. The Bertz CT molecular complexity index is 1190. The molecule has 0 saturated heterocycles. The molecule has 1 heterocycles. The van der Waals surface area contributed by atoms with Gasteiger partial charge in [0, 0.05) is 16.7 Å². The lowest BCUT2D eigenvalue weighted by molar-refractivity contribution is -0.116. The predicted molar refractivity (Wildman–Crippen MR) is 112 cm³/mol. The third-order valence-corrected chi connectivity index (χ3v) is 6.37. The summed E-state index contributed by atoms with van der Waals surface area (Å²) in [6, 6.07) is 8.16. The van der Waals surface area contributed by atoms with Crippen molar-refractivity contribution in [3.8, 4) is 10.6 Å². The highest BCUT2D eigenvalue weighted by Crippen LogP contribution is 2.28. The molecule has 30 heavy (non-hydrogen) atoms. The van der Waals surface area contributed by atoms with Crippen LogP contribution in [0.4, 0.5) is 19.6 Å². The standard InChI is InChI=1S/C18H15ClF2N4O3S2/c1-10(25(30(2,27)28)13-7-8-14(20)15(21)9-13)16(26)22-18-24-23-17(29-18)11-3-5-12(19)6-4-11/h3-10H,1-2H3,(H,22,24,26). The molecule has 0 bridgehead atoms. The molecule has 158 valence electrons. The van der Waals surface area contributed by atoms with Crippen molar-refractivity contribution in [2.24, 2.45) is 0 Å². The lowest BCUT2D eigenvalue weighted by Gasteiger charge is -2.27. The molecule has 1 N–H and O–H groups in total. The monoisotopic (exact) mass is 472 g/mol. The minimum atomic E-state index is -3.99. The minimum absolute atomic E-state index is 0.149. The lowest BCUT2D eigenvalue weighted by atomic mass is 10.2. The maximum Gasteiger partial charge on any atom is 0.249 e. The van der Waals surface area contributed by atoms with Gasteiger partial charge in [-0.15, -0.1) is 10.2 Å². The second-order valence-electron chi connectivity index (χ2n) is 6.24. The van der Waals surface area contributed by atoms with E-state index in [1.807, 2.05) is 0 Å². The van der Waals surface area contributed by atoms with E-state index in [1.165, 1.54) is 6.92 Å². The molecule has 12 heteroatoms. The summed E-state index contributed by atoms with van der Waals surface area (Å²) in [4.78, 5) is 12.7. The van der Waals surface area contributed by atoms with Crippen molar-refractivity contribution in [1.82, 2.24) is 10.2 Å². The number of rotatable bonds is 6. The average Bonchev–Trinajstić information content (AvgIpc) is 3.12. The summed E-state index contributed by atoms with van der Waals surface area (Å²) >= 11 is 6.94. The van der Waals surface area contributed by atoms with Crippen LogP contribution in [0.25, 0.3) is 10.6 Å². The SMILES string of the molecule is CC(C(=O)Nc1nnc(-c2ccc(Cl)cc2)s1)N(c1ccc(F)c(F)c1)S(C)(=O)=O. The first kappa shape index (κ1) is 22.1. The van der Waals surface area contributed by atoms with Gasteiger partial charge in [-0.2, -0.15) is 0 Å². The van der Waals surface area contributed by atoms with Crippen LogP contribution in [0.15, 0.2) is 42.5 Å². The highest BCUT2D eigenvalue weighted by Gasteiger charge is 2.30. The zero-order valence-electron chi connectivity index (χ0n) is 15.6. The van der Waals surface area contributed by atoms with Gasteiger partial charge in [-0.1, -0.05) is 35.1 Å². The average molecular weight is 473 g/mol. The normalized spacial score (nSPS) is 12.4. The maximum atomic E-state index is 13.6. The van der Waals surface area contributed by atoms with E-state index in [0.29, 0.717) is 20.4 Å². The Morgan fingerprint density at radius 1 is 1.13 bits per heavy atom. The number of hydrogen-bond donors (Lipinski definition) is 1. The van der Waals surface area contributed by atoms with E-state index in [-0.39, 0.29) is 10.8 Å². The summed E-state index contributed by atoms with van der Waals surface area (Å²) < 4.78 is 52.0. The van der Waals surface area contributed by atoms with Gasteiger partial charge in [-0.25, -0.2) is 17.2 Å². The van der Waals surface area contributed by atoms with Gasteiger partial charge in [0.2, 0.25) is 21.1 Å². The minimum Gasteiger partial charge on any atom is -0.299 e. The molecule has 3 rings (SSSR count). The van der Waals surface area contributed by atoms with Crippen LogP contribution in [0.1, 0.15) is 6.92 Å². The van der Waals surface area contributed by atoms with Crippen molar-refractivity contribution in [3.05, 3.63) is 59.1 Å². The zero-order chi connectivity index (χ0) is 22.1. The van der Waals surface area contributed by atoms with Gasteiger partial charge in [0.15, 0.2) is 11.6 Å². The van der Waals surface area contributed by atoms with Gasteiger partial charge >= 0.3 is 0 Å². The van der Waals surface area contributed by atoms with Gasteiger partial charge in [-0.3, -0.25) is 14.4 Å². The van der Waals surface area contributed by atoms with E-state index < -0.39 is 33.6 Å². The summed E-state index contributed by atoms with van der Waals surface area (Å²) in [6.45, 7) is 1.32. The van der Waals surface area contributed by atoms with Crippen LogP contribution in [-0.4, -0.2) is 36.8 Å². The third kappa shape index (κ3) is 4.91. The van der Waals surface area contributed by atoms with Crippen LogP contribution in [-0.2, 0) is 14.8 Å². The third-order valence-electron chi connectivity index (χ3n) is 3.99. The van der Waals surface area contributed by atoms with Crippen LogP contribution >= 0.6 is 22.9 Å². The lowest BCUT2D eigenvalue weighted by Crippen LogP contribution is -2.45. The van der Waals surface area contributed by atoms with Gasteiger partial charge < -0.3 is 0 Å². The summed E-state index contributed by atoms with van der Waals surface area (Å²) in [7, 11) is -3.99. The second-order valence-corrected chi connectivity index (χ2v) is 9.52. The smallest absolute Gasteiger partial charge is 0.249 e. The first-order valence-electron chi connectivity index (χ1n) is 8.41. The van der Waals surface area contributed by atoms with Crippen LogP contribution in [0.3, 0.4) is 0 Å². The quantitative estimate of drug-likeness (QED) is 0.586. The number of carbonyl (C=O) groups is 1. The molecule has 0 aliphatic rings. The van der Waals surface area contributed by atoms with Gasteiger partial charge in [0.1, 0.15) is 11.0 Å². The first-order valence-corrected chi connectivity index (χ1v) is 11.5. The van der Waals surface area contributed by atoms with Crippen molar-refractivity contribution >= 4 is 49.7 Å². The number of halogens is 3. The number of anilines is 2. The van der Waals surface area contributed by atoms with Gasteiger partial charge in [-0.05, 0) is 31.2 Å². The van der Waals surface area contributed by atoms with E-state index in [2.05, 4.69) is 15.5 Å². The Morgan fingerprint density at radius 3 is 2.40 bits per heavy atom. The number of hydrogen-bond acceptors (Lipinski definition) is 6. The number of aromatic nitrogens is 2. The van der Waals surface area contributed by atoms with Crippen molar-refractivity contribution in [1.29, 1.82) is 0 Å². The molecule has 0 fully saturated rings. The zero-order valence-corrected chi connectivity index (χ0v) is 18.0. The Balaban J connectivity index is 1.82. The Morgan fingerprint density at radius 2 is 1.80 bits per heavy atom. The number of sulfonamides is 1. The molecule has 1 atom stereocenters. The number of nitrogens with zero attached hydrogens (tertiary/aromatic N) is 3. The van der Waals surface area contributed by atoms with Crippen LogP contribution < -0.4 is 9.62 Å². The van der Waals surface area contributed by atoms with Crippen molar-refractivity contribution < 1.29 is 22.0 Å². The molecule has 0 aliphatic carbocycles. The molecule has 3 aromatic rings. The van der Waals surface area contributed by atoms with Crippen LogP contribution in [0.5, 0.6) is 0 Å². The molecule has 2 aromatic carbocycles. The van der Waals surface area contributed by atoms with Crippen LogP contribution in [0, 0.1) is 11.6 Å². The van der Waals surface area contributed by atoms with Crippen LogP contribution in [0.2, 0.25) is 5.02 Å². The predicted octanol–water partition coefficient (Wildman–Crippen LogP) is 3.93. The van der Waals surface area contributed by atoms with Crippen molar-refractivity contribution in [2.75, 3.05) is 15.9 Å². The molecule has 0 saturated carbocycles. The van der Waals surface area contributed by atoms with E-state index in [1.54, 1.807) is 24.3 Å². The molecule has 1 aromatic heterocycles. The Hall–Kier alpha value is -2.63. The summed E-state index contributed by atoms with van der Waals surface area (Å²) in [5.74, 6) is -3.08. The highest BCUT2D eigenvalue weighted by molar-refractivity contribution is 7.92. The molecular weight excluding hydrogens is 458 g/mol. The van der Waals surface area contributed by atoms with Gasteiger partial charge in [0.25, 0.3) is 0 Å². The molecule has 1 amide bonds. The molecule has 0 aliphatic heterocycles.